The summed E-state index contributed by atoms with van der Waals surface area (Å²) in [6.07, 6.45) is 0. The van der Waals surface area contributed by atoms with Crippen molar-refractivity contribution >= 4 is 5.91 Å². The first-order chi connectivity index (χ1) is 6.52. The molecule has 2 fully saturated rings. The van der Waals surface area contributed by atoms with Crippen LogP contribution in [0.15, 0.2) is 0 Å². The third kappa shape index (κ3) is 1.44. The van der Waals surface area contributed by atoms with Gasteiger partial charge in [0.1, 0.15) is 0 Å². The SMILES string of the molecule is CC(C)N1CC2C(CN(C)C)C2C1=O. The largest absolute Gasteiger partial charge is 0.340 e. The van der Waals surface area contributed by atoms with Crippen LogP contribution in [-0.4, -0.2) is 48.9 Å². The predicted molar refractivity (Wildman–Crippen MR) is 55.9 cm³/mol. The Morgan fingerprint density at radius 2 is 2.14 bits per heavy atom. The second-order valence-corrected chi connectivity index (χ2v) is 5.20. The molecular formula is C11H20N2O. The van der Waals surface area contributed by atoms with E-state index < -0.39 is 0 Å². The van der Waals surface area contributed by atoms with E-state index in [0.29, 0.717) is 29.7 Å². The minimum absolute atomic E-state index is 0.361. The Bertz CT molecular complexity index is 250. The molecule has 0 spiro atoms. The first-order valence-electron chi connectivity index (χ1n) is 5.47. The molecule has 80 valence electrons. The summed E-state index contributed by atoms with van der Waals surface area (Å²) >= 11 is 0. The van der Waals surface area contributed by atoms with Gasteiger partial charge in [-0.05, 0) is 39.8 Å². The highest BCUT2D eigenvalue weighted by molar-refractivity contribution is 5.85. The average molecular weight is 196 g/mol. The van der Waals surface area contributed by atoms with Gasteiger partial charge in [-0.15, -0.1) is 0 Å². The summed E-state index contributed by atoms with van der Waals surface area (Å²) in [5.41, 5.74) is 0. The van der Waals surface area contributed by atoms with E-state index >= 15 is 0 Å². The summed E-state index contributed by atoms with van der Waals surface area (Å²) in [6, 6.07) is 0.385. The number of hydrogen-bond donors (Lipinski definition) is 0. The zero-order chi connectivity index (χ0) is 10.5. The lowest BCUT2D eigenvalue weighted by Gasteiger charge is -2.24. The molecule has 0 aromatic rings. The maximum atomic E-state index is 11.9. The van der Waals surface area contributed by atoms with Gasteiger partial charge in [-0.3, -0.25) is 4.79 Å². The summed E-state index contributed by atoms with van der Waals surface area (Å²) in [7, 11) is 4.16. The molecule has 0 aromatic carbocycles. The van der Waals surface area contributed by atoms with Gasteiger partial charge < -0.3 is 9.80 Å². The van der Waals surface area contributed by atoms with E-state index in [1.165, 1.54) is 0 Å². The molecule has 0 bridgehead atoms. The van der Waals surface area contributed by atoms with Crippen LogP contribution in [0.1, 0.15) is 13.8 Å². The fourth-order valence-electron chi connectivity index (χ4n) is 2.70. The predicted octanol–water partition coefficient (Wildman–Crippen LogP) is 0.661. The molecule has 3 nitrogen and oxygen atoms in total. The standard InChI is InChI=1S/C11H20N2O/c1-7(2)13-6-9-8(5-12(3)4)10(9)11(13)14/h7-10H,5-6H2,1-4H3. The topological polar surface area (TPSA) is 23.6 Å². The highest BCUT2D eigenvalue weighted by Crippen LogP contribution is 2.52. The Labute approximate surface area is 86.1 Å². The minimum atomic E-state index is 0.361. The number of rotatable bonds is 3. The van der Waals surface area contributed by atoms with E-state index in [9.17, 15) is 4.79 Å². The molecule has 3 unspecified atom stereocenters. The van der Waals surface area contributed by atoms with Crippen molar-refractivity contribution in [3.63, 3.8) is 0 Å². The van der Waals surface area contributed by atoms with Crippen LogP contribution in [0.5, 0.6) is 0 Å². The molecule has 1 aliphatic heterocycles. The maximum Gasteiger partial charge on any atom is 0.226 e. The third-order valence-corrected chi connectivity index (χ3v) is 3.51. The van der Waals surface area contributed by atoms with E-state index in [0.717, 1.165) is 13.1 Å². The van der Waals surface area contributed by atoms with Crippen LogP contribution in [0.25, 0.3) is 0 Å². The molecule has 14 heavy (non-hydrogen) atoms. The monoisotopic (exact) mass is 196 g/mol. The van der Waals surface area contributed by atoms with Crippen LogP contribution >= 0.6 is 0 Å². The van der Waals surface area contributed by atoms with E-state index in [-0.39, 0.29) is 0 Å². The normalized spacial score (nSPS) is 35.7. The summed E-state index contributed by atoms with van der Waals surface area (Å²) in [5, 5.41) is 0. The van der Waals surface area contributed by atoms with Crippen molar-refractivity contribution in [3.8, 4) is 0 Å². The Morgan fingerprint density at radius 3 is 2.50 bits per heavy atom. The third-order valence-electron chi connectivity index (χ3n) is 3.51. The zero-order valence-electron chi connectivity index (χ0n) is 9.53. The van der Waals surface area contributed by atoms with E-state index in [2.05, 4.69) is 32.8 Å². The lowest BCUT2D eigenvalue weighted by atomic mass is 10.2. The maximum absolute atomic E-state index is 11.9. The molecule has 1 saturated heterocycles. The first-order valence-corrected chi connectivity index (χ1v) is 5.47. The van der Waals surface area contributed by atoms with E-state index in [1.807, 2.05) is 4.90 Å². The number of amides is 1. The fourth-order valence-corrected chi connectivity index (χ4v) is 2.70. The Hall–Kier alpha value is -0.570. The van der Waals surface area contributed by atoms with Gasteiger partial charge in [0.05, 0.1) is 0 Å². The lowest BCUT2D eigenvalue weighted by molar-refractivity contribution is -0.132. The van der Waals surface area contributed by atoms with E-state index in [1.54, 1.807) is 0 Å². The Morgan fingerprint density at radius 1 is 1.50 bits per heavy atom. The summed E-state index contributed by atoms with van der Waals surface area (Å²) in [5.74, 6) is 2.07. The highest BCUT2D eigenvalue weighted by Gasteiger charge is 2.61. The molecule has 1 heterocycles. The van der Waals surface area contributed by atoms with Gasteiger partial charge in [0.15, 0.2) is 0 Å². The van der Waals surface area contributed by atoms with Crippen molar-refractivity contribution < 1.29 is 4.79 Å². The average Bonchev–Trinajstić information content (AvgIpc) is 2.57. The van der Waals surface area contributed by atoms with Crippen LogP contribution < -0.4 is 0 Å². The summed E-state index contributed by atoms with van der Waals surface area (Å²) in [6.45, 7) is 6.28. The number of carbonyl (C=O) groups excluding carboxylic acids is 1. The molecule has 0 radical (unpaired) electrons. The molecular weight excluding hydrogens is 176 g/mol. The van der Waals surface area contributed by atoms with Gasteiger partial charge in [0.2, 0.25) is 5.91 Å². The minimum Gasteiger partial charge on any atom is -0.340 e. The summed E-state index contributed by atoms with van der Waals surface area (Å²) in [4.78, 5) is 16.1. The fraction of sp³-hybridized carbons (Fsp3) is 0.909. The molecule has 1 aliphatic carbocycles. The number of piperidine rings is 1. The van der Waals surface area contributed by atoms with Crippen LogP contribution in [0.2, 0.25) is 0 Å². The summed E-state index contributed by atoms with van der Waals surface area (Å²) < 4.78 is 0. The van der Waals surface area contributed by atoms with Crippen molar-refractivity contribution in [2.45, 2.75) is 19.9 Å². The van der Waals surface area contributed by atoms with Gasteiger partial charge in [-0.1, -0.05) is 0 Å². The van der Waals surface area contributed by atoms with Crippen molar-refractivity contribution in [1.29, 1.82) is 0 Å². The number of carbonyl (C=O) groups is 1. The van der Waals surface area contributed by atoms with Crippen molar-refractivity contribution in [1.82, 2.24) is 9.80 Å². The molecule has 0 aromatic heterocycles. The number of fused-ring (bicyclic) bond motifs is 1. The van der Waals surface area contributed by atoms with Gasteiger partial charge >= 0.3 is 0 Å². The van der Waals surface area contributed by atoms with Gasteiger partial charge in [-0.25, -0.2) is 0 Å². The second kappa shape index (κ2) is 3.23. The molecule has 3 atom stereocenters. The van der Waals surface area contributed by atoms with Crippen LogP contribution in [0, 0.1) is 17.8 Å². The molecule has 2 aliphatic rings. The van der Waals surface area contributed by atoms with Gasteiger partial charge in [0.25, 0.3) is 0 Å². The number of nitrogens with zero attached hydrogens (tertiary/aromatic N) is 2. The number of hydrogen-bond acceptors (Lipinski definition) is 2. The van der Waals surface area contributed by atoms with Crippen molar-refractivity contribution in [2.75, 3.05) is 27.2 Å². The molecule has 0 N–H and O–H groups in total. The van der Waals surface area contributed by atoms with Crippen molar-refractivity contribution in [3.05, 3.63) is 0 Å². The first kappa shape index (κ1) is 9.97. The molecule has 1 amide bonds. The van der Waals surface area contributed by atoms with Crippen LogP contribution in [0.3, 0.4) is 0 Å². The van der Waals surface area contributed by atoms with Gasteiger partial charge in [0, 0.05) is 25.0 Å². The Kier molecular flexibility index (Phi) is 2.30. The quantitative estimate of drug-likeness (QED) is 0.662. The van der Waals surface area contributed by atoms with Gasteiger partial charge in [-0.2, -0.15) is 0 Å². The zero-order valence-corrected chi connectivity index (χ0v) is 9.53. The second-order valence-electron chi connectivity index (χ2n) is 5.20. The molecule has 3 heteroatoms. The van der Waals surface area contributed by atoms with E-state index in [4.69, 9.17) is 0 Å². The van der Waals surface area contributed by atoms with Crippen LogP contribution in [0.4, 0.5) is 0 Å². The lowest BCUT2D eigenvalue weighted by Crippen LogP contribution is -2.37. The highest BCUT2D eigenvalue weighted by atomic mass is 16.2. The van der Waals surface area contributed by atoms with Crippen LogP contribution in [-0.2, 0) is 4.79 Å². The Balaban J connectivity index is 1.92. The molecule has 2 rings (SSSR count). The molecule has 1 saturated carbocycles. The van der Waals surface area contributed by atoms with Crippen molar-refractivity contribution in [2.24, 2.45) is 17.8 Å². The number of likely N-dealkylation sites (tertiary alicyclic amines) is 1. The smallest absolute Gasteiger partial charge is 0.226 e.